The Labute approximate surface area is 144 Å². The van der Waals surface area contributed by atoms with Gasteiger partial charge in [0.1, 0.15) is 10.8 Å². The van der Waals surface area contributed by atoms with Gasteiger partial charge in [0, 0.05) is 16.6 Å². The lowest BCUT2D eigenvalue weighted by molar-refractivity contribution is -0.121. The lowest BCUT2D eigenvalue weighted by Gasteiger charge is -2.22. The molecule has 0 spiro atoms. The highest BCUT2D eigenvalue weighted by atomic mass is 32.1. The zero-order valence-electron chi connectivity index (χ0n) is 12.8. The van der Waals surface area contributed by atoms with Crippen LogP contribution in [-0.4, -0.2) is 16.7 Å². The van der Waals surface area contributed by atoms with Gasteiger partial charge in [-0.15, -0.1) is 11.3 Å². The number of nitrogens with zero attached hydrogens (tertiary/aromatic N) is 2. The molecular weight excluding hydrogens is 318 g/mol. The summed E-state index contributed by atoms with van der Waals surface area (Å²) in [6.07, 6.45) is 11.5. The lowest BCUT2D eigenvalue weighted by Crippen LogP contribution is -2.39. The van der Waals surface area contributed by atoms with Gasteiger partial charge in [-0.1, -0.05) is 54.6 Å². The van der Waals surface area contributed by atoms with E-state index in [9.17, 15) is 4.79 Å². The van der Waals surface area contributed by atoms with Crippen LogP contribution in [-0.2, 0) is 11.3 Å². The Morgan fingerprint density at radius 1 is 1.21 bits per heavy atom. The average molecular weight is 333 g/mol. The molecule has 1 amide bonds. The van der Waals surface area contributed by atoms with Crippen LogP contribution in [0, 0.1) is 5.92 Å². The van der Waals surface area contributed by atoms with Crippen molar-refractivity contribution in [2.24, 2.45) is 10.9 Å². The molecule has 0 radical (unpaired) electrons. The van der Waals surface area contributed by atoms with Gasteiger partial charge >= 0.3 is 0 Å². The van der Waals surface area contributed by atoms with Gasteiger partial charge in [0.15, 0.2) is 0 Å². The number of benzene rings is 1. The number of allylic oxidation sites excluding steroid dienone is 3. The maximum absolute atomic E-state index is 12.1. The van der Waals surface area contributed by atoms with Crippen LogP contribution in [0.2, 0.25) is 0 Å². The average Bonchev–Trinajstić information content (AvgIpc) is 3.10. The van der Waals surface area contributed by atoms with Gasteiger partial charge in [0.05, 0.1) is 12.5 Å². The Morgan fingerprint density at radius 3 is 2.96 bits per heavy atom. The van der Waals surface area contributed by atoms with Crippen LogP contribution < -0.4 is 5.32 Å². The monoisotopic (exact) mass is 333 g/mol. The second-order valence-corrected chi connectivity index (χ2v) is 6.67. The van der Waals surface area contributed by atoms with Crippen LogP contribution in [0.1, 0.15) is 4.88 Å². The minimum atomic E-state index is -0.193. The summed E-state index contributed by atoms with van der Waals surface area (Å²) in [4.78, 5) is 22.2. The van der Waals surface area contributed by atoms with Crippen LogP contribution in [0.25, 0.3) is 10.6 Å². The molecular formula is C19H15N3OS. The molecule has 0 fully saturated rings. The van der Waals surface area contributed by atoms with Crippen LogP contribution in [0.15, 0.2) is 77.5 Å². The van der Waals surface area contributed by atoms with Crippen molar-refractivity contribution in [1.82, 2.24) is 10.3 Å². The molecule has 4 nitrogen and oxygen atoms in total. The normalized spacial score (nSPS) is 20.7. The number of nitrogens with one attached hydrogen (secondary N) is 1. The molecule has 24 heavy (non-hydrogen) atoms. The Morgan fingerprint density at radius 2 is 2.08 bits per heavy atom. The standard InChI is InChI=1S/C19H15N3OS/c23-18-16-9-5-4-8-14(16)10-17(22-18)20-11-15-12-21-19(24-15)13-6-2-1-3-7-13/h1-10,12,16H,11H2,(H,20,22,23). The van der Waals surface area contributed by atoms with Crippen molar-refractivity contribution in [1.29, 1.82) is 0 Å². The molecule has 2 aromatic rings. The number of aromatic nitrogens is 1. The van der Waals surface area contributed by atoms with E-state index in [1.807, 2.05) is 66.9 Å². The van der Waals surface area contributed by atoms with E-state index in [0.717, 1.165) is 21.0 Å². The summed E-state index contributed by atoms with van der Waals surface area (Å²) in [6.45, 7) is 0.508. The van der Waals surface area contributed by atoms with Crippen LogP contribution in [0.4, 0.5) is 0 Å². The first kappa shape index (κ1) is 14.8. The van der Waals surface area contributed by atoms with E-state index in [-0.39, 0.29) is 11.8 Å². The van der Waals surface area contributed by atoms with Crippen molar-refractivity contribution in [3.05, 3.63) is 77.4 Å². The van der Waals surface area contributed by atoms with E-state index in [4.69, 9.17) is 0 Å². The molecule has 0 bridgehead atoms. The number of hydrogen-bond donors (Lipinski definition) is 1. The van der Waals surface area contributed by atoms with Gasteiger partial charge in [-0.2, -0.15) is 0 Å². The first-order valence-corrected chi connectivity index (χ1v) is 8.53. The van der Waals surface area contributed by atoms with Crippen molar-refractivity contribution < 1.29 is 4.79 Å². The topological polar surface area (TPSA) is 54.4 Å². The summed E-state index contributed by atoms with van der Waals surface area (Å²) in [5, 5.41) is 3.84. The number of aliphatic imine (C=N–C) groups is 1. The first-order valence-electron chi connectivity index (χ1n) is 7.71. The number of thiazole rings is 1. The second-order valence-electron chi connectivity index (χ2n) is 5.55. The number of hydrogen-bond acceptors (Lipinski definition) is 4. The van der Waals surface area contributed by atoms with Crippen molar-refractivity contribution in [2.75, 3.05) is 0 Å². The lowest BCUT2D eigenvalue weighted by atomic mass is 9.91. The highest BCUT2D eigenvalue weighted by Gasteiger charge is 2.25. The van der Waals surface area contributed by atoms with Crippen LogP contribution in [0.5, 0.6) is 0 Å². The van der Waals surface area contributed by atoms with E-state index in [1.54, 1.807) is 11.3 Å². The largest absolute Gasteiger partial charge is 0.310 e. The molecule has 1 aromatic carbocycles. The molecule has 2 heterocycles. The fraction of sp³-hybridized carbons (Fsp3) is 0.105. The summed E-state index contributed by atoms with van der Waals surface area (Å²) >= 11 is 1.62. The fourth-order valence-electron chi connectivity index (χ4n) is 2.67. The Balaban J connectivity index is 1.52. The summed E-state index contributed by atoms with van der Waals surface area (Å²) in [6, 6.07) is 10.1. The Bertz CT molecular complexity index is 890. The van der Waals surface area contributed by atoms with Gasteiger partial charge in [0.25, 0.3) is 0 Å². The zero-order valence-corrected chi connectivity index (χ0v) is 13.7. The second kappa shape index (κ2) is 6.37. The van der Waals surface area contributed by atoms with Crippen molar-refractivity contribution in [3.63, 3.8) is 0 Å². The van der Waals surface area contributed by atoms with Crippen LogP contribution >= 0.6 is 11.3 Å². The van der Waals surface area contributed by atoms with E-state index < -0.39 is 0 Å². The Kier molecular flexibility index (Phi) is 3.92. The molecule has 1 aromatic heterocycles. The molecule has 4 rings (SSSR count). The highest BCUT2D eigenvalue weighted by Crippen LogP contribution is 2.26. The fourth-order valence-corrected chi connectivity index (χ4v) is 3.52. The first-order chi connectivity index (χ1) is 11.8. The van der Waals surface area contributed by atoms with E-state index >= 15 is 0 Å². The molecule has 0 saturated carbocycles. The van der Waals surface area contributed by atoms with Gasteiger partial charge in [-0.05, 0) is 11.6 Å². The van der Waals surface area contributed by atoms with E-state index in [1.165, 1.54) is 0 Å². The van der Waals surface area contributed by atoms with E-state index in [2.05, 4.69) is 15.3 Å². The molecule has 118 valence electrons. The van der Waals surface area contributed by atoms with Crippen molar-refractivity contribution >= 4 is 23.1 Å². The maximum Gasteiger partial charge on any atom is 0.236 e. The number of rotatable bonds is 3. The molecule has 1 unspecified atom stereocenters. The Hall–Kier alpha value is -2.79. The van der Waals surface area contributed by atoms with Gasteiger partial charge in [0.2, 0.25) is 5.91 Å². The number of carbonyl (C=O) groups excluding carboxylic acids is 1. The third-order valence-electron chi connectivity index (χ3n) is 3.88. The SMILES string of the molecule is O=C1NC(=NCc2cnc(-c3ccccc3)s2)C=C2C=CC=CC12. The number of carbonyl (C=O) groups is 1. The minimum Gasteiger partial charge on any atom is -0.310 e. The van der Waals surface area contributed by atoms with Gasteiger partial charge in [-0.25, -0.2) is 4.98 Å². The molecule has 1 aliphatic heterocycles. The number of amidine groups is 1. The molecule has 1 aliphatic carbocycles. The van der Waals surface area contributed by atoms with Gasteiger partial charge < -0.3 is 5.32 Å². The number of amides is 1. The molecule has 1 N–H and O–H groups in total. The quantitative estimate of drug-likeness (QED) is 0.934. The third kappa shape index (κ3) is 2.98. The zero-order chi connectivity index (χ0) is 16.4. The summed E-state index contributed by atoms with van der Waals surface area (Å²) in [5.41, 5.74) is 2.09. The summed E-state index contributed by atoms with van der Waals surface area (Å²) in [7, 11) is 0. The predicted octanol–water partition coefficient (Wildman–Crippen LogP) is 3.51. The molecule has 1 atom stereocenters. The van der Waals surface area contributed by atoms with Crippen molar-refractivity contribution in [3.8, 4) is 10.6 Å². The smallest absolute Gasteiger partial charge is 0.236 e. The van der Waals surface area contributed by atoms with Crippen LogP contribution in [0.3, 0.4) is 0 Å². The minimum absolute atomic E-state index is 0.0267. The maximum atomic E-state index is 12.1. The molecule has 5 heteroatoms. The summed E-state index contributed by atoms with van der Waals surface area (Å²) < 4.78 is 0. The van der Waals surface area contributed by atoms with E-state index in [0.29, 0.717) is 12.4 Å². The molecule has 2 aliphatic rings. The molecule has 0 saturated heterocycles. The number of fused-ring (bicyclic) bond motifs is 1. The third-order valence-corrected chi connectivity index (χ3v) is 4.91. The van der Waals surface area contributed by atoms with Gasteiger partial charge in [-0.3, -0.25) is 9.79 Å². The summed E-state index contributed by atoms with van der Waals surface area (Å²) in [5.74, 6) is 0.393. The van der Waals surface area contributed by atoms with Crippen molar-refractivity contribution in [2.45, 2.75) is 6.54 Å². The predicted molar refractivity (Wildman–Crippen MR) is 96.7 cm³/mol. The highest BCUT2D eigenvalue weighted by molar-refractivity contribution is 7.15.